The summed E-state index contributed by atoms with van der Waals surface area (Å²) in [6.45, 7) is 23.3. The molecule has 0 spiro atoms. The molecule has 2 aliphatic rings. The summed E-state index contributed by atoms with van der Waals surface area (Å²) in [6.07, 6.45) is -3.49. The van der Waals surface area contributed by atoms with E-state index in [9.17, 15) is 49.8 Å². The van der Waals surface area contributed by atoms with E-state index in [0.717, 1.165) is 11.1 Å². The van der Waals surface area contributed by atoms with Crippen LogP contribution in [-0.2, 0) is 51.1 Å². The van der Waals surface area contributed by atoms with E-state index in [1.807, 2.05) is 52.6 Å². The molecule has 1 aromatic carbocycles. The molecule has 73 heavy (non-hydrogen) atoms. The summed E-state index contributed by atoms with van der Waals surface area (Å²) in [5, 5.41) is 67.3. The molecular formula is C54H93N3O16. The first kappa shape index (κ1) is 65.2. The van der Waals surface area contributed by atoms with Gasteiger partial charge >= 0.3 is 17.9 Å². The van der Waals surface area contributed by atoms with Crippen molar-refractivity contribution in [1.29, 1.82) is 0 Å². The topological polar surface area (TPSA) is 255 Å². The van der Waals surface area contributed by atoms with Crippen LogP contribution >= 0.6 is 0 Å². The van der Waals surface area contributed by atoms with Crippen LogP contribution in [0.4, 0.5) is 0 Å². The van der Waals surface area contributed by atoms with Gasteiger partial charge in [-0.3, -0.25) is 19.3 Å². The molecule has 0 aromatic heterocycles. The minimum Gasteiger partial charge on any atom is -0.507 e. The van der Waals surface area contributed by atoms with Crippen LogP contribution in [0.25, 0.3) is 0 Å². The van der Waals surface area contributed by atoms with E-state index >= 15 is 0 Å². The molecular weight excluding hydrogens is 947 g/mol. The minimum atomic E-state index is -1.65. The van der Waals surface area contributed by atoms with Gasteiger partial charge in [0.1, 0.15) is 42.5 Å². The summed E-state index contributed by atoms with van der Waals surface area (Å²) in [5.74, 6) is -3.82. The predicted molar refractivity (Wildman–Crippen MR) is 276 cm³/mol. The standard InChI is InChI=1S/C52H87N3O16.C2H6/c1-16-39(51(9,10)64)70-48(62)33(6)43(59)32(5)47(52(11,65)22-17-23-54(13)34(7)35(8)56)71-50-45(61)38(26-30(3)69-50)55(14)40(57)27-53(12)24-25-67-41(58)21-19-29(2)18-20-36-44(60)42-37(28-68-49(42)63)31(4)46(36)66-15;1-2/h18,30,32-35,38-39,43,45,47,50,56,59-61,64-65H,16-17,19-28H2,1-15H3;1-2H3/b29-18+;/t30-,32+,33-,34-,35+,38+,39-,43+,45-,47-,50+,52-;/m1./s1. The first-order chi connectivity index (χ1) is 34.0. The Kier molecular flexibility index (Phi) is 26.3. The van der Waals surface area contributed by atoms with Gasteiger partial charge in [-0.05, 0) is 127 Å². The summed E-state index contributed by atoms with van der Waals surface area (Å²) >= 11 is 0. The molecule has 1 saturated heterocycles. The van der Waals surface area contributed by atoms with Gasteiger partial charge in [0.2, 0.25) is 5.91 Å². The smallest absolute Gasteiger partial charge is 0.342 e. The Morgan fingerprint density at radius 1 is 1.00 bits per heavy atom. The number of allylic oxidation sites excluding steroid dienone is 2. The highest BCUT2D eigenvalue weighted by atomic mass is 16.7. The Labute approximate surface area is 435 Å². The zero-order valence-corrected chi connectivity index (χ0v) is 47.0. The van der Waals surface area contributed by atoms with E-state index < -0.39 is 89.9 Å². The van der Waals surface area contributed by atoms with Crippen LogP contribution in [0.5, 0.6) is 11.5 Å². The largest absolute Gasteiger partial charge is 0.507 e. The van der Waals surface area contributed by atoms with Crippen molar-refractivity contribution in [3.63, 3.8) is 0 Å². The number of carbonyl (C=O) groups excluding carboxylic acids is 4. The van der Waals surface area contributed by atoms with Crippen LogP contribution in [0.2, 0.25) is 0 Å². The number of hydrogen-bond acceptors (Lipinski definition) is 18. The molecule has 420 valence electrons. The Morgan fingerprint density at radius 2 is 1.63 bits per heavy atom. The predicted octanol–water partition coefficient (Wildman–Crippen LogP) is 4.82. The number of aliphatic hydroxyl groups is 5. The number of benzene rings is 1. The molecule has 0 bridgehead atoms. The number of phenols is 1. The highest BCUT2D eigenvalue weighted by Crippen LogP contribution is 2.42. The molecule has 19 nitrogen and oxygen atoms in total. The summed E-state index contributed by atoms with van der Waals surface area (Å²) < 4.78 is 34.5. The number of amides is 1. The lowest BCUT2D eigenvalue weighted by Gasteiger charge is -2.46. The third-order valence-electron chi connectivity index (χ3n) is 14.5. The summed E-state index contributed by atoms with van der Waals surface area (Å²) in [7, 11) is 6.64. The van der Waals surface area contributed by atoms with Gasteiger partial charge in [-0.1, -0.05) is 39.3 Å². The molecule has 0 unspecified atom stereocenters. The van der Waals surface area contributed by atoms with Crippen molar-refractivity contribution in [3.05, 3.63) is 33.9 Å². The number of nitrogens with zero attached hydrogens (tertiary/aromatic N) is 3. The van der Waals surface area contributed by atoms with Crippen molar-refractivity contribution in [3.8, 4) is 11.5 Å². The average molecular weight is 1040 g/mol. The molecule has 0 saturated carbocycles. The van der Waals surface area contributed by atoms with Crippen LogP contribution < -0.4 is 4.74 Å². The van der Waals surface area contributed by atoms with Crippen LogP contribution in [0.3, 0.4) is 0 Å². The molecule has 1 aromatic rings. The van der Waals surface area contributed by atoms with Gasteiger partial charge < -0.3 is 68.9 Å². The summed E-state index contributed by atoms with van der Waals surface area (Å²) in [5.41, 5.74) is -0.176. The fourth-order valence-electron chi connectivity index (χ4n) is 9.36. The molecule has 3 rings (SSSR count). The first-order valence-corrected chi connectivity index (χ1v) is 26.0. The fourth-order valence-corrected chi connectivity index (χ4v) is 9.36. The maximum absolute atomic E-state index is 13.7. The number of fused-ring (bicyclic) bond motifs is 1. The Balaban J connectivity index is 0.00000901. The van der Waals surface area contributed by atoms with Gasteiger partial charge in [-0.15, -0.1) is 0 Å². The van der Waals surface area contributed by atoms with Gasteiger partial charge in [0, 0.05) is 43.1 Å². The van der Waals surface area contributed by atoms with Crippen molar-refractivity contribution in [1.82, 2.24) is 14.7 Å². The third kappa shape index (κ3) is 18.1. The Hall–Kier alpha value is -3.92. The van der Waals surface area contributed by atoms with E-state index in [1.54, 1.807) is 53.6 Å². The zero-order valence-electron chi connectivity index (χ0n) is 47.0. The van der Waals surface area contributed by atoms with Crippen LogP contribution in [0, 0.1) is 18.8 Å². The number of likely N-dealkylation sites (N-methyl/N-ethyl adjacent to an activating group) is 3. The number of methoxy groups -OCH3 is 1. The number of rotatable bonds is 28. The molecule has 1 fully saturated rings. The summed E-state index contributed by atoms with van der Waals surface area (Å²) in [6, 6.07) is -0.936. The number of phenolic OH excluding ortho intramolecular Hbond substituents is 1. The summed E-state index contributed by atoms with van der Waals surface area (Å²) in [4.78, 5) is 57.2. The fraction of sp³-hybridized carbons (Fsp3) is 0.778. The highest BCUT2D eigenvalue weighted by Gasteiger charge is 2.48. The average Bonchev–Trinajstić information content (AvgIpc) is 3.73. The minimum absolute atomic E-state index is 0.0215. The second-order valence-electron chi connectivity index (χ2n) is 20.8. The molecule has 2 heterocycles. The van der Waals surface area contributed by atoms with E-state index in [-0.39, 0.29) is 75.2 Å². The van der Waals surface area contributed by atoms with Gasteiger partial charge in [0.15, 0.2) is 6.29 Å². The molecule has 19 heteroatoms. The third-order valence-corrected chi connectivity index (χ3v) is 14.5. The van der Waals surface area contributed by atoms with Crippen LogP contribution in [0.1, 0.15) is 149 Å². The molecule has 12 atom stereocenters. The van der Waals surface area contributed by atoms with Crippen LogP contribution in [-0.4, -0.2) is 190 Å². The number of esters is 3. The van der Waals surface area contributed by atoms with E-state index in [2.05, 4.69) is 0 Å². The van der Waals surface area contributed by atoms with Gasteiger partial charge in [0.05, 0.1) is 61.2 Å². The van der Waals surface area contributed by atoms with Crippen LogP contribution in [0.15, 0.2) is 11.6 Å². The Bertz CT molecular complexity index is 1970. The molecule has 6 N–H and O–H groups in total. The lowest BCUT2D eigenvalue weighted by molar-refractivity contribution is -0.298. The van der Waals surface area contributed by atoms with Crippen molar-refractivity contribution in [2.75, 3.05) is 54.5 Å². The van der Waals surface area contributed by atoms with Crippen molar-refractivity contribution < 1.29 is 78.2 Å². The van der Waals surface area contributed by atoms with E-state index in [1.165, 1.54) is 32.8 Å². The number of hydrogen-bond donors (Lipinski definition) is 6. The number of aromatic hydroxyl groups is 1. The maximum atomic E-state index is 13.7. The lowest BCUT2D eigenvalue weighted by Crippen LogP contribution is -2.60. The maximum Gasteiger partial charge on any atom is 0.342 e. The van der Waals surface area contributed by atoms with Crippen molar-refractivity contribution in [2.24, 2.45) is 11.8 Å². The van der Waals surface area contributed by atoms with E-state index in [0.29, 0.717) is 42.7 Å². The first-order valence-electron chi connectivity index (χ1n) is 26.0. The number of ether oxygens (including phenoxy) is 6. The highest BCUT2D eigenvalue weighted by molar-refractivity contribution is 5.98. The second-order valence-corrected chi connectivity index (χ2v) is 20.8. The molecule has 1 amide bonds. The number of cyclic esters (lactones) is 1. The number of aliphatic hydroxyl groups excluding tert-OH is 3. The SMILES string of the molecule is CC.CC[C@@H](OC(=O)[C@H](C)[C@@H](O)[C@H](C)[C@@H](O[C@@H]1O[C@H](C)C[C@H](N(C)C(=O)CN(C)CCOC(=O)CC/C(C)=C/Cc2c(O)c3c(c(C)c2OC)COC3=O)[C@H]1O)[C@](C)(O)CCCN(C)[C@H](C)[C@H](C)O)C(C)(C)O. The zero-order chi connectivity index (χ0) is 55.9. The second kappa shape index (κ2) is 29.4. The Morgan fingerprint density at radius 3 is 2.21 bits per heavy atom. The molecule has 2 aliphatic heterocycles. The lowest BCUT2D eigenvalue weighted by atomic mass is 9.79. The van der Waals surface area contributed by atoms with Gasteiger partial charge in [0.25, 0.3) is 0 Å². The van der Waals surface area contributed by atoms with Gasteiger partial charge in [-0.2, -0.15) is 0 Å². The monoisotopic (exact) mass is 1040 g/mol. The van der Waals surface area contributed by atoms with Gasteiger partial charge in [-0.25, -0.2) is 4.79 Å². The van der Waals surface area contributed by atoms with Crippen molar-refractivity contribution >= 4 is 23.8 Å². The molecule has 0 radical (unpaired) electrons. The van der Waals surface area contributed by atoms with Crippen molar-refractivity contribution in [2.45, 2.75) is 208 Å². The molecule has 0 aliphatic carbocycles. The van der Waals surface area contributed by atoms with E-state index in [4.69, 9.17) is 28.4 Å². The number of carbonyl (C=O) groups is 4. The quantitative estimate of drug-likeness (QED) is 0.0374. The normalized spacial score (nSPS) is 21.9.